The minimum Gasteiger partial charge on any atom is -0.465 e. The first kappa shape index (κ1) is 14.0. The van der Waals surface area contributed by atoms with Crippen LogP contribution in [0.3, 0.4) is 0 Å². The highest BCUT2D eigenvalue weighted by atomic mass is 32.2. The van der Waals surface area contributed by atoms with Gasteiger partial charge in [0.2, 0.25) is 0 Å². The highest BCUT2D eigenvalue weighted by molar-refractivity contribution is 8.00. The minimum absolute atomic E-state index is 0.174. The predicted molar refractivity (Wildman–Crippen MR) is 70.1 cm³/mol. The number of pyridine rings is 1. The molecule has 0 fully saturated rings. The molecule has 0 saturated heterocycles. The van der Waals surface area contributed by atoms with Crippen LogP contribution in [0.15, 0.2) is 23.4 Å². The number of carbonyl (C=O) groups excluding carboxylic acids is 1. The van der Waals surface area contributed by atoms with Crippen LogP contribution in [0.25, 0.3) is 0 Å². The van der Waals surface area contributed by atoms with E-state index in [4.69, 9.17) is 4.74 Å². The second-order valence-corrected chi connectivity index (χ2v) is 5.27. The van der Waals surface area contributed by atoms with Gasteiger partial charge in [-0.15, -0.1) is 11.8 Å². The zero-order valence-electron chi connectivity index (χ0n) is 10.6. The molecule has 0 atom stereocenters. The lowest BCUT2D eigenvalue weighted by Crippen LogP contribution is -2.06. The fourth-order valence-electron chi connectivity index (χ4n) is 1.47. The maximum atomic E-state index is 11.2. The van der Waals surface area contributed by atoms with Crippen LogP contribution in [-0.2, 0) is 16.0 Å². The topological polar surface area (TPSA) is 39.2 Å². The van der Waals surface area contributed by atoms with Crippen LogP contribution in [0.1, 0.15) is 26.3 Å². The molecule has 0 aromatic carbocycles. The Morgan fingerprint density at radius 1 is 1.47 bits per heavy atom. The first-order valence-corrected chi connectivity index (χ1v) is 6.82. The summed E-state index contributed by atoms with van der Waals surface area (Å²) in [4.78, 5) is 16.4. The monoisotopic (exact) mass is 253 g/mol. The van der Waals surface area contributed by atoms with Crippen molar-refractivity contribution in [3.8, 4) is 0 Å². The SMILES string of the molecule is CCOC(=O)CSc1cncc(CC(C)C)c1. The van der Waals surface area contributed by atoms with Crippen molar-refractivity contribution in [2.75, 3.05) is 12.4 Å². The van der Waals surface area contributed by atoms with Gasteiger partial charge >= 0.3 is 5.97 Å². The van der Waals surface area contributed by atoms with E-state index in [1.165, 1.54) is 17.3 Å². The Hall–Kier alpha value is -1.03. The Morgan fingerprint density at radius 2 is 2.24 bits per heavy atom. The first-order valence-electron chi connectivity index (χ1n) is 5.84. The van der Waals surface area contributed by atoms with Crippen LogP contribution in [0.2, 0.25) is 0 Å². The Labute approximate surface area is 107 Å². The molecule has 0 unspecified atom stereocenters. The molecule has 3 nitrogen and oxygen atoms in total. The van der Waals surface area contributed by atoms with E-state index >= 15 is 0 Å². The fourth-order valence-corrected chi connectivity index (χ4v) is 2.21. The average Bonchev–Trinajstić information content (AvgIpc) is 2.26. The van der Waals surface area contributed by atoms with Gasteiger partial charge in [-0.25, -0.2) is 0 Å². The molecule has 1 aromatic heterocycles. The number of hydrogen-bond donors (Lipinski definition) is 0. The zero-order valence-corrected chi connectivity index (χ0v) is 11.4. The van der Waals surface area contributed by atoms with Gasteiger partial charge in [0, 0.05) is 17.3 Å². The van der Waals surface area contributed by atoms with E-state index in [9.17, 15) is 4.79 Å². The lowest BCUT2D eigenvalue weighted by molar-refractivity contribution is -0.139. The molecule has 0 aliphatic carbocycles. The van der Waals surface area contributed by atoms with Gasteiger partial charge in [0.15, 0.2) is 0 Å². The summed E-state index contributed by atoms with van der Waals surface area (Å²) in [5.41, 5.74) is 1.22. The summed E-state index contributed by atoms with van der Waals surface area (Å²) in [5, 5.41) is 0. The van der Waals surface area contributed by atoms with Crippen LogP contribution < -0.4 is 0 Å². The molecule has 4 heteroatoms. The van der Waals surface area contributed by atoms with Crippen molar-refractivity contribution in [2.24, 2.45) is 5.92 Å². The number of nitrogens with zero attached hydrogens (tertiary/aromatic N) is 1. The molecular formula is C13H19NO2S. The lowest BCUT2D eigenvalue weighted by atomic mass is 10.1. The molecule has 0 saturated carbocycles. The number of thioether (sulfide) groups is 1. The number of rotatable bonds is 6. The molecule has 0 bridgehead atoms. The lowest BCUT2D eigenvalue weighted by Gasteiger charge is -2.06. The third-order valence-corrected chi connectivity index (χ3v) is 3.01. The van der Waals surface area contributed by atoms with Crippen molar-refractivity contribution in [3.05, 3.63) is 24.0 Å². The molecule has 1 heterocycles. The Morgan fingerprint density at radius 3 is 2.88 bits per heavy atom. The maximum Gasteiger partial charge on any atom is 0.316 e. The van der Waals surface area contributed by atoms with Gasteiger partial charge in [0.25, 0.3) is 0 Å². The number of hydrogen-bond acceptors (Lipinski definition) is 4. The van der Waals surface area contributed by atoms with E-state index in [1.54, 1.807) is 6.20 Å². The summed E-state index contributed by atoms with van der Waals surface area (Å²) in [6, 6.07) is 2.09. The third-order valence-electron chi connectivity index (χ3n) is 2.08. The molecule has 0 aliphatic rings. The summed E-state index contributed by atoms with van der Waals surface area (Å²) < 4.78 is 4.88. The molecule has 17 heavy (non-hydrogen) atoms. The van der Waals surface area contributed by atoms with Crippen molar-refractivity contribution in [2.45, 2.75) is 32.1 Å². The average molecular weight is 253 g/mol. The third kappa shape index (κ3) is 5.73. The molecular weight excluding hydrogens is 234 g/mol. The van der Waals surface area contributed by atoms with E-state index in [0.29, 0.717) is 18.3 Å². The van der Waals surface area contributed by atoms with Gasteiger partial charge in [-0.2, -0.15) is 0 Å². The summed E-state index contributed by atoms with van der Waals surface area (Å²) in [7, 11) is 0. The van der Waals surface area contributed by atoms with Crippen molar-refractivity contribution < 1.29 is 9.53 Å². The standard InChI is InChI=1S/C13H19NO2S/c1-4-16-13(15)9-17-12-6-11(5-10(2)3)7-14-8-12/h6-8,10H,4-5,9H2,1-3H3. The molecule has 1 aromatic rings. The van der Waals surface area contributed by atoms with Gasteiger partial charge in [0.1, 0.15) is 0 Å². The summed E-state index contributed by atoms with van der Waals surface area (Å²) in [5.74, 6) is 0.787. The van der Waals surface area contributed by atoms with Gasteiger partial charge in [0.05, 0.1) is 12.4 Å². The zero-order chi connectivity index (χ0) is 12.7. The van der Waals surface area contributed by atoms with Crippen molar-refractivity contribution in [3.63, 3.8) is 0 Å². The van der Waals surface area contributed by atoms with Crippen LogP contribution in [0.4, 0.5) is 0 Å². The largest absolute Gasteiger partial charge is 0.465 e. The molecule has 0 radical (unpaired) electrons. The predicted octanol–water partition coefficient (Wildman–Crippen LogP) is 2.94. The summed E-state index contributed by atoms with van der Waals surface area (Å²) >= 11 is 1.47. The van der Waals surface area contributed by atoms with E-state index in [0.717, 1.165) is 11.3 Å². The van der Waals surface area contributed by atoms with E-state index in [-0.39, 0.29) is 5.97 Å². The fraction of sp³-hybridized carbons (Fsp3) is 0.538. The van der Waals surface area contributed by atoms with E-state index < -0.39 is 0 Å². The van der Waals surface area contributed by atoms with Gasteiger partial charge in [-0.1, -0.05) is 13.8 Å². The van der Waals surface area contributed by atoms with E-state index in [1.807, 2.05) is 13.1 Å². The number of ether oxygens (including phenoxy) is 1. The number of carbonyl (C=O) groups is 1. The van der Waals surface area contributed by atoms with Crippen molar-refractivity contribution in [1.82, 2.24) is 4.98 Å². The molecule has 0 amide bonds. The van der Waals surface area contributed by atoms with Crippen LogP contribution in [-0.4, -0.2) is 23.3 Å². The van der Waals surface area contributed by atoms with Crippen LogP contribution in [0, 0.1) is 5.92 Å². The maximum absolute atomic E-state index is 11.2. The Balaban J connectivity index is 2.51. The summed E-state index contributed by atoms with van der Waals surface area (Å²) in [6.07, 6.45) is 4.68. The normalized spacial score (nSPS) is 10.6. The Kier molecular flexibility index (Phi) is 6.05. The van der Waals surface area contributed by atoms with Crippen molar-refractivity contribution in [1.29, 1.82) is 0 Å². The van der Waals surface area contributed by atoms with Gasteiger partial charge in [-0.3, -0.25) is 9.78 Å². The molecule has 0 spiro atoms. The first-order chi connectivity index (χ1) is 8.11. The van der Waals surface area contributed by atoms with Gasteiger partial charge in [-0.05, 0) is 30.9 Å². The van der Waals surface area contributed by atoms with Crippen LogP contribution in [0.5, 0.6) is 0 Å². The molecule has 94 valence electrons. The molecule has 1 rings (SSSR count). The van der Waals surface area contributed by atoms with E-state index in [2.05, 4.69) is 24.9 Å². The highest BCUT2D eigenvalue weighted by Crippen LogP contribution is 2.19. The molecule has 0 N–H and O–H groups in total. The quantitative estimate of drug-likeness (QED) is 0.577. The number of aromatic nitrogens is 1. The summed E-state index contributed by atoms with van der Waals surface area (Å²) in [6.45, 7) is 6.61. The second-order valence-electron chi connectivity index (χ2n) is 4.22. The van der Waals surface area contributed by atoms with Gasteiger partial charge < -0.3 is 4.74 Å². The number of esters is 1. The molecule has 0 aliphatic heterocycles. The van der Waals surface area contributed by atoms with Crippen LogP contribution >= 0.6 is 11.8 Å². The minimum atomic E-state index is -0.174. The van der Waals surface area contributed by atoms with Crippen molar-refractivity contribution >= 4 is 17.7 Å². The highest BCUT2D eigenvalue weighted by Gasteiger charge is 2.05. The Bertz CT molecular complexity index is 366. The second kappa shape index (κ2) is 7.33. The smallest absolute Gasteiger partial charge is 0.316 e.